The number of ether oxygens (including phenoxy) is 1. The normalized spacial score (nSPS) is 32.1. The quantitative estimate of drug-likeness (QED) is 0.827. The summed E-state index contributed by atoms with van der Waals surface area (Å²) in [6.45, 7) is 0.996. The van der Waals surface area contributed by atoms with Crippen LogP contribution in [0.3, 0.4) is 0 Å². The fourth-order valence-corrected chi connectivity index (χ4v) is 5.31. The zero-order valence-corrected chi connectivity index (χ0v) is 15.3. The molecule has 1 N–H and O–H groups in total. The van der Waals surface area contributed by atoms with E-state index in [1.54, 1.807) is 4.90 Å². The number of amides is 3. The van der Waals surface area contributed by atoms with Gasteiger partial charge in [-0.2, -0.15) is 0 Å². The molecule has 1 aromatic rings. The Labute approximate surface area is 158 Å². The Morgan fingerprint density at radius 2 is 2.00 bits per heavy atom. The molecular weight excluding hydrogens is 344 g/mol. The summed E-state index contributed by atoms with van der Waals surface area (Å²) >= 11 is 0. The van der Waals surface area contributed by atoms with E-state index in [0.717, 1.165) is 23.0 Å². The summed E-state index contributed by atoms with van der Waals surface area (Å²) in [7, 11) is 0. The van der Waals surface area contributed by atoms with Gasteiger partial charge in [-0.1, -0.05) is 12.1 Å². The maximum absolute atomic E-state index is 12.7. The third-order valence-electron chi connectivity index (χ3n) is 6.73. The maximum atomic E-state index is 12.7. The van der Waals surface area contributed by atoms with Crippen molar-refractivity contribution in [3.63, 3.8) is 0 Å². The topological polar surface area (TPSA) is 75.7 Å². The van der Waals surface area contributed by atoms with E-state index in [9.17, 15) is 14.4 Å². The second kappa shape index (κ2) is 6.44. The molecule has 1 aromatic carbocycles. The van der Waals surface area contributed by atoms with Gasteiger partial charge >= 0.3 is 0 Å². The van der Waals surface area contributed by atoms with E-state index in [0.29, 0.717) is 31.2 Å². The number of carbonyl (C=O) groups excluding carboxylic acids is 3. The van der Waals surface area contributed by atoms with Gasteiger partial charge in [-0.05, 0) is 61.1 Å². The lowest BCUT2D eigenvalue weighted by atomic mass is 9.97. The van der Waals surface area contributed by atoms with Crippen LogP contribution in [0.2, 0.25) is 0 Å². The molecule has 3 fully saturated rings. The van der Waals surface area contributed by atoms with Gasteiger partial charge in [0.1, 0.15) is 6.04 Å². The highest BCUT2D eigenvalue weighted by atomic mass is 16.5. The molecule has 2 saturated carbocycles. The van der Waals surface area contributed by atoms with Crippen molar-refractivity contribution in [1.29, 1.82) is 0 Å². The number of rotatable bonds is 4. The molecule has 2 heterocycles. The number of nitrogens with one attached hydrogen (secondary N) is 1. The number of benzene rings is 1. The number of hydrogen-bond acceptors (Lipinski definition) is 4. The van der Waals surface area contributed by atoms with Gasteiger partial charge < -0.3 is 9.64 Å². The molecule has 27 heavy (non-hydrogen) atoms. The van der Waals surface area contributed by atoms with Crippen LogP contribution in [0.1, 0.15) is 60.0 Å². The largest absolute Gasteiger partial charge is 0.373 e. The van der Waals surface area contributed by atoms with E-state index in [1.807, 2.05) is 18.2 Å². The Balaban J connectivity index is 1.26. The average molecular weight is 368 g/mol. The van der Waals surface area contributed by atoms with Crippen molar-refractivity contribution in [2.24, 2.45) is 11.8 Å². The van der Waals surface area contributed by atoms with Crippen LogP contribution >= 0.6 is 0 Å². The van der Waals surface area contributed by atoms with E-state index in [1.165, 1.54) is 25.7 Å². The van der Waals surface area contributed by atoms with E-state index >= 15 is 0 Å². The summed E-state index contributed by atoms with van der Waals surface area (Å²) in [5.74, 6) is 0.835. The Kier molecular flexibility index (Phi) is 4.04. The zero-order chi connectivity index (χ0) is 18.5. The molecule has 0 aromatic heterocycles. The van der Waals surface area contributed by atoms with E-state index < -0.39 is 6.04 Å². The van der Waals surface area contributed by atoms with Crippen LogP contribution < -0.4 is 5.32 Å². The van der Waals surface area contributed by atoms with Gasteiger partial charge in [0, 0.05) is 18.5 Å². The Hall–Kier alpha value is -2.21. The standard InChI is InChI=1S/C21H24N2O4/c24-19-6-5-17(20(25)22-19)23-10-15-8-13(2-4-16(15)21(23)26)11-27-18-9-12-1-3-14(18)7-12/h2,4,8,12,14,17-18H,1,3,5-7,9-11H2,(H,22,24,25)/t12-,14+,17?,18?/m0/s1. The second-order valence-corrected chi connectivity index (χ2v) is 8.42. The molecule has 2 bridgehead atoms. The first kappa shape index (κ1) is 16.9. The smallest absolute Gasteiger partial charge is 0.255 e. The third kappa shape index (κ3) is 2.96. The van der Waals surface area contributed by atoms with Gasteiger partial charge in [0.25, 0.3) is 5.91 Å². The number of carbonyl (C=O) groups is 3. The predicted molar refractivity (Wildman–Crippen MR) is 96.5 cm³/mol. The number of piperidine rings is 1. The lowest BCUT2D eigenvalue weighted by Crippen LogP contribution is -2.52. The first-order chi connectivity index (χ1) is 13.1. The fourth-order valence-electron chi connectivity index (χ4n) is 5.31. The van der Waals surface area contributed by atoms with Crippen LogP contribution in [0.5, 0.6) is 0 Å². The number of nitrogens with zero attached hydrogens (tertiary/aromatic N) is 1. The molecule has 0 radical (unpaired) electrons. The summed E-state index contributed by atoms with van der Waals surface area (Å²) in [6.07, 6.45) is 6.24. The second-order valence-electron chi connectivity index (χ2n) is 8.42. The van der Waals surface area contributed by atoms with E-state index in [2.05, 4.69) is 5.32 Å². The summed E-state index contributed by atoms with van der Waals surface area (Å²) in [5, 5.41) is 2.34. The van der Waals surface area contributed by atoms with Crippen molar-refractivity contribution < 1.29 is 19.1 Å². The first-order valence-corrected chi connectivity index (χ1v) is 9.96. The van der Waals surface area contributed by atoms with Gasteiger partial charge in [-0.25, -0.2) is 0 Å². The molecule has 2 aliphatic heterocycles. The van der Waals surface area contributed by atoms with Gasteiger partial charge in [0.2, 0.25) is 11.8 Å². The molecule has 1 saturated heterocycles. The monoisotopic (exact) mass is 368 g/mol. The predicted octanol–water partition coefficient (Wildman–Crippen LogP) is 2.15. The van der Waals surface area contributed by atoms with E-state index in [-0.39, 0.29) is 24.1 Å². The van der Waals surface area contributed by atoms with Crippen LogP contribution in [-0.2, 0) is 27.5 Å². The fraction of sp³-hybridized carbons (Fsp3) is 0.571. The van der Waals surface area contributed by atoms with Crippen LogP contribution in [-0.4, -0.2) is 34.8 Å². The SMILES string of the molecule is O=C1CCC(N2Cc3cc(COC4C[C@H]5CC[C@@H]4C5)ccc3C2=O)C(=O)N1. The minimum atomic E-state index is -0.559. The molecule has 0 spiro atoms. The van der Waals surface area contributed by atoms with Crippen molar-refractivity contribution in [3.8, 4) is 0 Å². The summed E-state index contributed by atoms with van der Waals surface area (Å²) in [6, 6.07) is 5.28. The lowest BCUT2D eigenvalue weighted by Gasteiger charge is -2.29. The molecule has 3 amide bonds. The third-order valence-corrected chi connectivity index (χ3v) is 6.73. The molecule has 2 aliphatic carbocycles. The Bertz CT molecular complexity index is 820. The molecule has 2 unspecified atom stereocenters. The average Bonchev–Trinajstić information content (AvgIpc) is 3.35. The molecule has 4 aliphatic rings. The summed E-state index contributed by atoms with van der Waals surface area (Å²) in [4.78, 5) is 37.8. The highest BCUT2D eigenvalue weighted by Crippen LogP contribution is 2.46. The minimum Gasteiger partial charge on any atom is -0.373 e. The van der Waals surface area contributed by atoms with Crippen LogP contribution in [0, 0.1) is 11.8 Å². The van der Waals surface area contributed by atoms with Crippen molar-refractivity contribution in [2.75, 3.05) is 0 Å². The van der Waals surface area contributed by atoms with Crippen LogP contribution in [0.4, 0.5) is 0 Å². The summed E-state index contributed by atoms with van der Waals surface area (Å²) in [5.41, 5.74) is 2.68. The van der Waals surface area contributed by atoms with Crippen molar-refractivity contribution in [3.05, 3.63) is 34.9 Å². The Morgan fingerprint density at radius 1 is 1.11 bits per heavy atom. The maximum Gasteiger partial charge on any atom is 0.255 e. The molecular formula is C21H24N2O4. The van der Waals surface area contributed by atoms with Gasteiger partial charge in [-0.15, -0.1) is 0 Å². The Morgan fingerprint density at radius 3 is 2.74 bits per heavy atom. The first-order valence-electron chi connectivity index (χ1n) is 9.96. The van der Waals surface area contributed by atoms with Gasteiger partial charge in [0.15, 0.2) is 0 Å². The zero-order valence-electron chi connectivity index (χ0n) is 15.3. The highest BCUT2D eigenvalue weighted by Gasteiger charge is 2.41. The van der Waals surface area contributed by atoms with E-state index in [4.69, 9.17) is 4.74 Å². The van der Waals surface area contributed by atoms with Crippen molar-refractivity contribution in [2.45, 2.75) is 63.8 Å². The number of fused-ring (bicyclic) bond motifs is 3. The number of imide groups is 1. The van der Waals surface area contributed by atoms with Crippen LogP contribution in [0.25, 0.3) is 0 Å². The molecule has 6 heteroatoms. The minimum absolute atomic E-state index is 0.125. The van der Waals surface area contributed by atoms with Crippen molar-refractivity contribution >= 4 is 17.7 Å². The number of hydrogen-bond donors (Lipinski definition) is 1. The van der Waals surface area contributed by atoms with Crippen molar-refractivity contribution in [1.82, 2.24) is 10.2 Å². The van der Waals surface area contributed by atoms with Crippen LogP contribution in [0.15, 0.2) is 18.2 Å². The highest BCUT2D eigenvalue weighted by molar-refractivity contribution is 6.05. The molecule has 142 valence electrons. The lowest BCUT2D eigenvalue weighted by molar-refractivity contribution is -0.136. The van der Waals surface area contributed by atoms with Gasteiger partial charge in [-0.3, -0.25) is 19.7 Å². The molecule has 6 nitrogen and oxygen atoms in total. The molecule has 4 atom stereocenters. The summed E-state index contributed by atoms with van der Waals surface area (Å²) < 4.78 is 6.18. The molecule has 5 rings (SSSR count). The van der Waals surface area contributed by atoms with Gasteiger partial charge in [0.05, 0.1) is 12.7 Å².